The van der Waals surface area contributed by atoms with E-state index in [1.165, 1.54) is 6.33 Å². The number of hydrogen-bond acceptors (Lipinski definition) is 7. The topological polar surface area (TPSA) is 98.1 Å². The number of benzene rings is 1. The molecule has 1 aliphatic heterocycles. The van der Waals surface area contributed by atoms with Gasteiger partial charge in [-0.05, 0) is 42.7 Å². The molecule has 9 heteroatoms. The largest absolute Gasteiger partial charge is 0.497 e. The van der Waals surface area contributed by atoms with Crippen LogP contribution >= 0.6 is 0 Å². The fraction of sp³-hybridized carbons (Fsp3) is 0.350. The highest BCUT2D eigenvalue weighted by Gasteiger charge is 2.25. The second-order valence-electron chi connectivity index (χ2n) is 6.92. The maximum atomic E-state index is 12.5. The molecule has 4 rings (SSSR count). The van der Waals surface area contributed by atoms with E-state index in [1.807, 2.05) is 36.4 Å². The molecular formula is C20H23N7O2. The molecule has 3 heterocycles. The number of hydrogen-bond donors (Lipinski definition) is 1. The summed E-state index contributed by atoms with van der Waals surface area (Å²) in [6.07, 6.45) is 4.63. The van der Waals surface area contributed by atoms with E-state index in [0.717, 1.165) is 43.1 Å². The Kier molecular flexibility index (Phi) is 5.64. The summed E-state index contributed by atoms with van der Waals surface area (Å²) < 4.78 is 6.72. The standard InChI is InChI=1S/C20H23N7O2/c1-29-17-4-2-15(3-5-17)12-22-20(28)16-8-10-26(11-9-16)18-6-7-19(25-24-18)27-14-21-13-23-27/h2-7,13-14,16H,8-12H2,1H3,(H,22,28). The maximum Gasteiger partial charge on any atom is 0.223 e. The van der Waals surface area contributed by atoms with E-state index in [1.54, 1.807) is 18.1 Å². The number of carbonyl (C=O) groups excluding carboxylic acids is 1. The van der Waals surface area contributed by atoms with Crippen molar-refractivity contribution in [3.8, 4) is 11.6 Å². The van der Waals surface area contributed by atoms with E-state index in [4.69, 9.17) is 4.74 Å². The van der Waals surface area contributed by atoms with Crippen molar-refractivity contribution in [3.63, 3.8) is 0 Å². The first-order chi connectivity index (χ1) is 14.2. The highest BCUT2D eigenvalue weighted by molar-refractivity contribution is 5.79. The van der Waals surface area contributed by atoms with Gasteiger partial charge in [0.15, 0.2) is 11.6 Å². The molecular weight excluding hydrogens is 370 g/mol. The Morgan fingerprint density at radius 3 is 2.45 bits per heavy atom. The zero-order valence-electron chi connectivity index (χ0n) is 16.2. The maximum absolute atomic E-state index is 12.5. The molecule has 150 valence electrons. The van der Waals surface area contributed by atoms with Gasteiger partial charge in [-0.3, -0.25) is 4.79 Å². The van der Waals surface area contributed by atoms with Gasteiger partial charge in [-0.15, -0.1) is 10.2 Å². The lowest BCUT2D eigenvalue weighted by Crippen LogP contribution is -2.40. The van der Waals surface area contributed by atoms with Gasteiger partial charge in [-0.25, -0.2) is 9.67 Å². The van der Waals surface area contributed by atoms with Crippen LogP contribution in [0.3, 0.4) is 0 Å². The molecule has 0 aliphatic carbocycles. The molecule has 1 fully saturated rings. The molecule has 0 radical (unpaired) electrons. The van der Waals surface area contributed by atoms with Crippen molar-refractivity contribution < 1.29 is 9.53 Å². The second-order valence-corrected chi connectivity index (χ2v) is 6.92. The van der Waals surface area contributed by atoms with Crippen molar-refractivity contribution in [2.75, 3.05) is 25.1 Å². The Labute approximate surface area is 168 Å². The van der Waals surface area contributed by atoms with Crippen LogP contribution in [0.2, 0.25) is 0 Å². The van der Waals surface area contributed by atoms with Crippen LogP contribution in [0.4, 0.5) is 5.82 Å². The second kappa shape index (κ2) is 8.68. The lowest BCUT2D eigenvalue weighted by atomic mass is 9.96. The third-order valence-corrected chi connectivity index (χ3v) is 5.11. The van der Waals surface area contributed by atoms with Gasteiger partial charge < -0.3 is 15.0 Å². The highest BCUT2D eigenvalue weighted by Crippen LogP contribution is 2.22. The van der Waals surface area contributed by atoms with Crippen LogP contribution in [-0.2, 0) is 11.3 Å². The summed E-state index contributed by atoms with van der Waals surface area (Å²) in [5.74, 6) is 2.37. The lowest BCUT2D eigenvalue weighted by molar-refractivity contribution is -0.125. The number of nitrogens with one attached hydrogen (secondary N) is 1. The van der Waals surface area contributed by atoms with Gasteiger partial charge in [0.1, 0.15) is 18.4 Å². The minimum atomic E-state index is 0.0203. The van der Waals surface area contributed by atoms with E-state index in [9.17, 15) is 4.79 Å². The van der Waals surface area contributed by atoms with E-state index in [-0.39, 0.29) is 11.8 Å². The molecule has 0 unspecified atom stereocenters. The lowest BCUT2D eigenvalue weighted by Gasteiger charge is -2.31. The number of rotatable bonds is 6. The average Bonchev–Trinajstić information content (AvgIpc) is 3.33. The van der Waals surface area contributed by atoms with Crippen molar-refractivity contribution in [1.82, 2.24) is 30.3 Å². The molecule has 0 saturated carbocycles. The first-order valence-electron chi connectivity index (χ1n) is 9.57. The van der Waals surface area contributed by atoms with Crippen LogP contribution in [0.15, 0.2) is 49.1 Å². The number of nitrogens with zero attached hydrogens (tertiary/aromatic N) is 6. The fourth-order valence-corrected chi connectivity index (χ4v) is 3.38. The Morgan fingerprint density at radius 1 is 1.10 bits per heavy atom. The summed E-state index contributed by atoms with van der Waals surface area (Å²) in [5, 5.41) is 15.6. The van der Waals surface area contributed by atoms with Gasteiger partial charge in [0.2, 0.25) is 5.91 Å². The average molecular weight is 393 g/mol. The van der Waals surface area contributed by atoms with Gasteiger partial charge in [0, 0.05) is 25.6 Å². The van der Waals surface area contributed by atoms with E-state index >= 15 is 0 Å². The first-order valence-corrected chi connectivity index (χ1v) is 9.57. The smallest absolute Gasteiger partial charge is 0.223 e. The third-order valence-electron chi connectivity index (χ3n) is 5.11. The number of piperidine rings is 1. The SMILES string of the molecule is COc1ccc(CNC(=O)C2CCN(c3ccc(-n4cncn4)nn3)CC2)cc1. The predicted octanol–water partition coefficient (Wildman–Crippen LogP) is 1.60. The molecule has 3 aromatic rings. The van der Waals surface area contributed by atoms with Crippen LogP contribution in [0, 0.1) is 5.92 Å². The van der Waals surface area contributed by atoms with Crippen molar-refractivity contribution in [2.45, 2.75) is 19.4 Å². The van der Waals surface area contributed by atoms with Crippen molar-refractivity contribution >= 4 is 11.7 Å². The van der Waals surface area contributed by atoms with Crippen LogP contribution in [0.5, 0.6) is 5.75 Å². The number of carbonyl (C=O) groups is 1. The number of anilines is 1. The van der Waals surface area contributed by atoms with Gasteiger partial charge in [-0.1, -0.05) is 12.1 Å². The van der Waals surface area contributed by atoms with E-state index < -0.39 is 0 Å². The molecule has 1 aromatic carbocycles. The van der Waals surface area contributed by atoms with E-state index in [2.05, 4.69) is 30.5 Å². The van der Waals surface area contributed by atoms with Gasteiger partial charge >= 0.3 is 0 Å². The summed E-state index contributed by atoms with van der Waals surface area (Å²) in [6.45, 7) is 2.08. The Hall–Kier alpha value is -3.49. The quantitative estimate of drug-likeness (QED) is 0.679. The number of aromatic nitrogens is 5. The summed E-state index contributed by atoms with van der Waals surface area (Å²) in [7, 11) is 1.64. The molecule has 1 saturated heterocycles. The predicted molar refractivity (Wildman–Crippen MR) is 107 cm³/mol. The van der Waals surface area contributed by atoms with E-state index in [0.29, 0.717) is 12.4 Å². The Balaban J connectivity index is 1.26. The molecule has 2 aromatic heterocycles. The Bertz CT molecular complexity index is 918. The molecule has 1 aliphatic rings. The van der Waals surface area contributed by atoms with Gasteiger partial charge in [-0.2, -0.15) is 5.10 Å². The number of amides is 1. The molecule has 1 N–H and O–H groups in total. The third kappa shape index (κ3) is 4.50. The summed E-state index contributed by atoms with van der Waals surface area (Å²) >= 11 is 0. The minimum absolute atomic E-state index is 0.0203. The van der Waals surface area contributed by atoms with Crippen molar-refractivity contribution in [1.29, 1.82) is 0 Å². The molecule has 29 heavy (non-hydrogen) atoms. The van der Waals surface area contributed by atoms with Crippen LogP contribution < -0.4 is 15.0 Å². The highest BCUT2D eigenvalue weighted by atomic mass is 16.5. The molecule has 0 bridgehead atoms. The van der Waals surface area contributed by atoms with Crippen molar-refractivity contribution in [3.05, 3.63) is 54.6 Å². The van der Waals surface area contributed by atoms with Crippen LogP contribution in [0.1, 0.15) is 18.4 Å². The summed E-state index contributed by atoms with van der Waals surface area (Å²) in [5.41, 5.74) is 1.05. The molecule has 1 amide bonds. The van der Waals surface area contributed by atoms with Gasteiger partial charge in [0.05, 0.1) is 7.11 Å². The van der Waals surface area contributed by atoms with Crippen molar-refractivity contribution in [2.24, 2.45) is 5.92 Å². The van der Waals surface area contributed by atoms with Gasteiger partial charge in [0.25, 0.3) is 0 Å². The molecule has 9 nitrogen and oxygen atoms in total. The van der Waals surface area contributed by atoms with Crippen LogP contribution in [-0.4, -0.2) is 51.1 Å². The van der Waals surface area contributed by atoms with Crippen LogP contribution in [0.25, 0.3) is 5.82 Å². The zero-order chi connectivity index (χ0) is 20.1. The normalized spacial score (nSPS) is 14.6. The number of ether oxygens (including phenoxy) is 1. The molecule has 0 atom stereocenters. The summed E-state index contributed by atoms with van der Waals surface area (Å²) in [4.78, 5) is 18.6. The number of methoxy groups -OCH3 is 1. The summed E-state index contributed by atoms with van der Waals surface area (Å²) in [6, 6.07) is 11.5. The first kappa shape index (κ1) is 18.9. The molecule has 0 spiro atoms. The fourth-order valence-electron chi connectivity index (χ4n) is 3.38. The minimum Gasteiger partial charge on any atom is -0.497 e. The Morgan fingerprint density at radius 2 is 1.83 bits per heavy atom. The zero-order valence-corrected chi connectivity index (χ0v) is 16.2. The monoisotopic (exact) mass is 393 g/mol.